The van der Waals surface area contributed by atoms with Crippen molar-refractivity contribution >= 4 is 17.7 Å². The Kier molecular flexibility index (Phi) is 6.63. The van der Waals surface area contributed by atoms with Crippen LogP contribution in [0.25, 0.3) is 6.08 Å². The summed E-state index contributed by atoms with van der Waals surface area (Å²) < 4.78 is 11.2. The molecule has 1 aromatic heterocycles. The van der Waals surface area contributed by atoms with Crippen LogP contribution in [0.5, 0.6) is 11.5 Å². The van der Waals surface area contributed by atoms with Crippen LogP contribution in [0.4, 0.5) is 5.69 Å². The maximum absolute atomic E-state index is 12.3. The Labute approximate surface area is 171 Å². The monoisotopic (exact) mass is 388 g/mol. The average Bonchev–Trinajstić information content (AvgIpc) is 2.73. The van der Waals surface area contributed by atoms with Crippen molar-refractivity contribution in [3.8, 4) is 11.5 Å². The maximum Gasteiger partial charge on any atom is 0.248 e. The molecule has 0 spiro atoms. The molecule has 0 saturated heterocycles. The second kappa shape index (κ2) is 9.55. The Bertz CT molecular complexity index is 1030. The van der Waals surface area contributed by atoms with E-state index in [-0.39, 0.29) is 5.91 Å². The van der Waals surface area contributed by atoms with Crippen molar-refractivity contribution in [2.24, 2.45) is 0 Å². The van der Waals surface area contributed by atoms with Crippen LogP contribution in [0.3, 0.4) is 0 Å². The summed E-state index contributed by atoms with van der Waals surface area (Å²) in [7, 11) is 1.64. The lowest BCUT2D eigenvalue weighted by Crippen LogP contribution is -2.09. The second-order valence-corrected chi connectivity index (χ2v) is 6.69. The average molecular weight is 388 g/mol. The molecule has 5 nitrogen and oxygen atoms in total. The van der Waals surface area contributed by atoms with E-state index in [0.717, 1.165) is 33.8 Å². The molecule has 0 fully saturated rings. The van der Waals surface area contributed by atoms with Crippen molar-refractivity contribution < 1.29 is 14.3 Å². The summed E-state index contributed by atoms with van der Waals surface area (Å²) in [6.07, 6.45) is 6.74. The molecule has 0 unspecified atom stereocenters. The fourth-order valence-electron chi connectivity index (χ4n) is 2.85. The lowest BCUT2D eigenvalue weighted by Gasteiger charge is -2.13. The number of benzene rings is 2. The van der Waals surface area contributed by atoms with Crippen LogP contribution in [0.2, 0.25) is 0 Å². The molecular weight excluding hydrogens is 364 g/mol. The van der Waals surface area contributed by atoms with Crippen molar-refractivity contribution in [2.75, 3.05) is 12.4 Å². The van der Waals surface area contributed by atoms with E-state index in [1.165, 1.54) is 6.08 Å². The van der Waals surface area contributed by atoms with Crippen molar-refractivity contribution in [3.05, 3.63) is 89.3 Å². The zero-order valence-corrected chi connectivity index (χ0v) is 16.8. The van der Waals surface area contributed by atoms with Gasteiger partial charge in [0.05, 0.1) is 7.11 Å². The summed E-state index contributed by atoms with van der Waals surface area (Å²) in [5.41, 5.74) is 4.52. The minimum atomic E-state index is -0.209. The minimum absolute atomic E-state index is 0.209. The Hall–Kier alpha value is -3.60. The Balaban J connectivity index is 1.65. The third-order valence-corrected chi connectivity index (χ3v) is 4.39. The molecule has 0 radical (unpaired) electrons. The van der Waals surface area contributed by atoms with E-state index in [2.05, 4.69) is 10.3 Å². The lowest BCUT2D eigenvalue weighted by molar-refractivity contribution is -0.111. The first-order chi connectivity index (χ1) is 14.0. The highest BCUT2D eigenvalue weighted by atomic mass is 16.5. The summed E-state index contributed by atoms with van der Waals surface area (Å²) in [5, 5.41) is 2.91. The van der Waals surface area contributed by atoms with Gasteiger partial charge in [-0.1, -0.05) is 18.2 Å². The second-order valence-electron chi connectivity index (χ2n) is 6.69. The van der Waals surface area contributed by atoms with E-state index in [9.17, 15) is 4.79 Å². The van der Waals surface area contributed by atoms with Crippen LogP contribution in [0.15, 0.2) is 67.0 Å². The van der Waals surface area contributed by atoms with Gasteiger partial charge in [0.25, 0.3) is 0 Å². The normalized spacial score (nSPS) is 10.7. The van der Waals surface area contributed by atoms with E-state index < -0.39 is 0 Å². The molecule has 1 amide bonds. The number of carbonyl (C=O) groups is 1. The number of methoxy groups -OCH3 is 1. The fourth-order valence-corrected chi connectivity index (χ4v) is 2.85. The number of nitrogens with zero attached hydrogens (tertiary/aromatic N) is 1. The number of carbonyl (C=O) groups excluding carboxylic acids is 1. The quantitative estimate of drug-likeness (QED) is 0.583. The van der Waals surface area contributed by atoms with E-state index in [1.54, 1.807) is 25.6 Å². The number of aryl methyl sites for hydroxylation is 1. The fraction of sp³-hybridized carbons (Fsp3) is 0.167. The third-order valence-electron chi connectivity index (χ3n) is 4.39. The van der Waals surface area contributed by atoms with Gasteiger partial charge in [-0.3, -0.25) is 9.78 Å². The van der Waals surface area contributed by atoms with Gasteiger partial charge in [0, 0.05) is 29.7 Å². The first kappa shape index (κ1) is 20.1. The van der Waals surface area contributed by atoms with Crippen LogP contribution < -0.4 is 14.8 Å². The lowest BCUT2D eigenvalue weighted by atomic mass is 10.1. The standard InChI is InChI=1S/C24H24N2O3/c1-17-12-19(15-25-14-17)10-11-24(27)26-22-8-5-9-23(18(22)2)29-16-20-6-4-7-21(13-20)28-3/h4-15H,16H2,1-3H3,(H,26,27)/b11-10+. The Morgan fingerprint density at radius 3 is 2.72 bits per heavy atom. The first-order valence-electron chi connectivity index (χ1n) is 9.31. The molecule has 0 aliphatic carbocycles. The number of amides is 1. The Morgan fingerprint density at radius 2 is 1.93 bits per heavy atom. The number of ether oxygens (including phenoxy) is 2. The van der Waals surface area contributed by atoms with Gasteiger partial charge in [-0.2, -0.15) is 0 Å². The predicted octanol–water partition coefficient (Wildman–Crippen LogP) is 4.94. The highest BCUT2D eigenvalue weighted by Gasteiger charge is 2.08. The molecule has 0 bridgehead atoms. The van der Waals surface area contributed by atoms with Crippen molar-refractivity contribution in [1.82, 2.24) is 4.98 Å². The Morgan fingerprint density at radius 1 is 1.10 bits per heavy atom. The molecule has 29 heavy (non-hydrogen) atoms. The highest BCUT2D eigenvalue weighted by molar-refractivity contribution is 6.02. The van der Waals surface area contributed by atoms with Crippen molar-refractivity contribution in [3.63, 3.8) is 0 Å². The van der Waals surface area contributed by atoms with E-state index in [4.69, 9.17) is 9.47 Å². The van der Waals surface area contributed by atoms with Gasteiger partial charge < -0.3 is 14.8 Å². The van der Waals surface area contributed by atoms with E-state index in [1.807, 2.05) is 62.4 Å². The zero-order chi connectivity index (χ0) is 20.6. The molecule has 3 aromatic rings. The van der Waals surface area contributed by atoms with Crippen molar-refractivity contribution in [2.45, 2.75) is 20.5 Å². The summed E-state index contributed by atoms with van der Waals surface area (Å²) in [4.78, 5) is 16.4. The zero-order valence-electron chi connectivity index (χ0n) is 16.8. The number of aromatic nitrogens is 1. The molecule has 0 aliphatic heterocycles. The van der Waals surface area contributed by atoms with Crippen LogP contribution in [0.1, 0.15) is 22.3 Å². The molecule has 1 heterocycles. The molecule has 5 heteroatoms. The molecule has 0 aliphatic rings. The van der Waals surface area contributed by atoms with Crippen LogP contribution in [-0.4, -0.2) is 18.0 Å². The number of hydrogen-bond donors (Lipinski definition) is 1. The number of anilines is 1. The third kappa shape index (κ3) is 5.69. The van der Waals surface area contributed by atoms with Gasteiger partial charge in [-0.15, -0.1) is 0 Å². The van der Waals surface area contributed by atoms with Gasteiger partial charge in [-0.25, -0.2) is 0 Å². The van der Waals surface area contributed by atoms with Gasteiger partial charge in [0.15, 0.2) is 0 Å². The number of nitrogens with one attached hydrogen (secondary N) is 1. The molecule has 148 valence electrons. The van der Waals surface area contributed by atoms with Gasteiger partial charge in [0.2, 0.25) is 5.91 Å². The van der Waals surface area contributed by atoms with Gasteiger partial charge in [-0.05, 0) is 66.9 Å². The molecule has 2 aromatic carbocycles. The molecule has 0 saturated carbocycles. The summed E-state index contributed by atoms with van der Waals surface area (Å²) in [6.45, 7) is 4.30. The van der Waals surface area contributed by atoms with Crippen LogP contribution in [-0.2, 0) is 11.4 Å². The number of pyridine rings is 1. The van der Waals surface area contributed by atoms with Gasteiger partial charge >= 0.3 is 0 Å². The summed E-state index contributed by atoms with van der Waals surface area (Å²) in [6, 6.07) is 15.3. The van der Waals surface area contributed by atoms with Crippen LogP contribution in [0, 0.1) is 13.8 Å². The SMILES string of the molecule is COc1cccc(COc2cccc(NC(=O)/C=C/c3cncc(C)c3)c2C)c1. The topological polar surface area (TPSA) is 60.5 Å². The smallest absolute Gasteiger partial charge is 0.248 e. The highest BCUT2D eigenvalue weighted by Crippen LogP contribution is 2.26. The maximum atomic E-state index is 12.3. The molecular formula is C24H24N2O3. The predicted molar refractivity (Wildman–Crippen MR) is 115 cm³/mol. The van der Waals surface area contributed by atoms with Crippen molar-refractivity contribution in [1.29, 1.82) is 0 Å². The first-order valence-corrected chi connectivity index (χ1v) is 9.31. The number of rotatable bonds is 7. The largest absolute Gasteiger partial charge is 0.497 e. The van der Waals surface area contributed by atoms with Gasteiger partial charge in [0.1, 0.15) is 18.1 Å². The number of hydrogen-bond acceptors (Lipinski definition) is 4. The molecule has 0 atom stereocenters. The molecule has 1 N–H and O–H groups in total. The van der Waals surface area contributed by atoms with Crippen LogP contribution >= 0.6 is 0 Å². The molecule has 3 rings (SSSR count). The van der Waals surface area contributed by atoms with E-state index in [0.29, 0.717) is 12.3 Å². The summed E-state index contributed by atoms with van der Waals surface area (Å²) >= 11 is 0. The summed E-state index contributed by atoms with van der Waals surface area (Å²) in [5.74, 6) is 1.30. The minimum Gasteiger partial charge on any atom is -0.497 e. The van der Waals surface area contributed by atoms with E-state index >= 15 is 0 Å².